The van der Waals surface area contributed by atoms with Crippen LogP contribution in [0.1, 0.15) is 35.6 Å². The van der Waals surface area contributed by atoms with Gasteiger partial charge in [-0.05, 0) is 67.3 Å². The van der Waals surface area contributed by atoms with Crippen LogP contribution in [-0.2, 0) is 29.1 Å². The number of pyridine rings is 1. The zero-order valence-electron chi connectivity index (χ0n) is 19.9. The van der Waals surface area contributed by atoms with Crippen molar-refractivity contribution in [2.24, 2.45) is 4.36 Å². The molecule has 2 aliphatic rings. The molecule has 1 fully saturated rings. The maximum Gasteiger partial charge on any atom is 0.229 e. The lowest BCUT2D eigenvalue weighted by molar-refractivity contribution is 0.312. The van der Waals surface area contributed by atoms with Gasteiger partial charge in [0.25, 0.3) is 0 Å². The number of anilines is 4. The minimum atomic E-state index is -2.16. The molecule has 0 spiro atoms. The number of likely N-dealkylation sites (N-methyl/N-ethyl adjacent to an activating group) is 1. The third-order valence-electron chi connectivity index (χ3n) is 6.33. The van der Waals surface area contributed by atoms with E-state index in [0.29, 0.717) is 40.5 Å². The summed E-state index contributed by atoms with van der Waals surface area (Å²) in [6.45, 7) is 4.16. The molecule has 0 saturated carbocycles. The Morgan fingerprint density at radius 3 is 2.83 bits per heavy atom. The highest BCUT2D eigenvalue weighted by atomic mass is 32.2. The molecule has 0 radical (unpaired) electrons. The van der Waals surface area contributed by atoms with Crippen molar-refractivity contribution < 1.29 is 4.21 Å². The van der Waals surface area contributed by atoms with E-state index < -0.39 is 9.73 Å². The predicted molar refractivity (Wildman–Crippen MR) is 138 cm³/mol. The maximum absolute atomic E-state index is 12.5. The minimum absolute atomic E-state index is 0.297. The molecule has 180 valence electrons. The molecule has 2 aromatic heterocycles. The van der Waals surface area contributed by atoms with Gasteiger partial charge in [-0.1, -0.05) is 13.0 Å². The molecule has 0 unspecified atom stereocenters. The molecule has 9 nitrogen and oxygen atoms in total. The number of aryl methyl sites for hydroxylation is 1. The van der Waals surface area contributed by atoms with Gasteiger partial charge < -0.3 is 15.5 Å². The predicted octanol–water partition coefficient (Wildman–Crippen LogP) is 4.28. The van der Waals surface area contributed by atoms with Gasteiger partial charge in [-0.15, -0.1) is 0 Å². The Bertz CT molecular complexity index is 1430. The molecule has 4 heterocycles. The second kappa shape index (κ2) is 9.60. The fraction of sp³-hybridized carbons (Fsp3) is 0.360. The van der Waals surface area contributed by atoms with Gasteiger partial charge >= 0.3 is 0 Å². The highest BCUT2D eigenvalue weighted by molar-refractivity contribution is 7.95. The Hall–Kier alpha value is -3.55. The molecule has 2 aliphatic heterocycles. The van der Waals surface area contributed by atoms with Crippen LogP contribution in [0.5, 0.6) is 0 Å². The summed E-state index contributed by atoms with van der Waals surface area (Å²) in [5, 5.41) is 16.0. The first kappa shape index (κ1) is 23.2. The molecule has 0 bridgehead atoms. The van der Waals surface area contributed by atoms with E-state index in [9.17, 15) is 9.47 Å². The van der Waals surface area contributed by atoms with Crippen molar-refractivity contribution in [1.29, 1.82) is 5.26 Å². The van der Waals surface area contributed by atoms with Crippen molar-refractivity contribution in [3.05, 3.63) is 58.8 Å². The minimum Gasteiger partial charge on any atom is -0.324 e. The van der Waals surface area contributed by atoms with E-state index >= 15 is 0 Å². The summed E-state index contributed by atoms with van der Waals surface area (Å²) in [5.41, 5.74) is 5.32. The zero-order chi connectivity index (χ0) is 24.4. The summed E-state index contributed by atoms with van der Waals surface area (Å²) in [6, 6.07) is 11.7. The van der Waals surface area contributed by atoms with Gasteiger partial charge in [0.05, 0.1) is 15.9 Å². The summed E-state index contributed by atoms with van der Waals surface area (Å²) < 4.78 is 16.8. The summed E-state index contributed by atoms with van der Waals surface area (Å²) >= 11 is 0. The van der Waals surface area contributed by atoms with Gasteiger partial charge in [-0.3, -0.25) is 0 Å². The number of nitrogens with one attached hydrogen (secondary N) is 2. The van der Waals surface area contributed by atoms with Gasteiger partial charge in [0, 0.05) is 30.3 Å². The van der Waals surface area contributed by atoms with Crippen LogP contribution in [0, 0.1) is 11.3 Å². The van der Waals surface area contributed by atoms with E-state index in [2.05, 4.69) is 67.0 Å². The van der Waals surface area contributed by atoms with Crippen LogP contribution in [0.25, 0.3) is 0 Å². The molecule has 5 rings (SSSR count). The number of hydrogen-bond donors (Lipinski definition) is 2. The zero-order valence-corrected chi connectivity index (χ0v) is 20.7. The molecule has 0 aliphatic carbocycles. The summed E-state index contributed by atoms with van der Waals surface area (Å²) in [4.78, 5) is 15.7. The second-order valence-electron chi connectivity index (χ2n) is 8.94. The average Bonchev–Trinajstić information content (AvgIpc) is 2.83. The van der Waals surface area contributed by atoms with Crippen LogP contribution < -0.4 is 10.6 Å². The van der Waals surface area contributed by atoms with Gasteiger partial charge in [0.15, 0.2) is 11.6 Å². The number of nitrogens with zero attached hydrogens (tertiary/aromatic N) is 6. The molecular formula is C25H28N8OS. The first-order valence-electron chi connectivity index (χ1n) is 11.8. The van der Waals surface area contributed by atoms with Crippen molar-refractivity contribution in [3.8, 4) is 6.07 Å². The number of benzene rings is 1. The number of fused-ring (bicyclic) bond motifs is 1. The molecular weight excluding hydrogens is 460 g/mol. The summed E-state index contributed by atoms with van der Waals surface area (Å²) in [7, 11) is -0.0221. The van der Waals surface area contributed by atoms with Crippen molar-refractivity contribution in [2.45, 2.75) is 32.7 Å². The quantitative estimate of drug-likeness (QED) is 0.528. The molecule has 2 N–H and O–H groups in total. The van der Waals surface area contributed by atoms with E-state index in [1.165, 1.54) is 22.9 Å². The Kier molecular flexibility index (Phi) is 6.36. The fourth-order valence-electron chi connectivity index (χ4n) is 4.39. The van der Waals surface area contributed by atoms with E-state index in [1.54, 1.807) is 18.2 Å². The first-order chi connectivity index (χ1) is 16.9. The Morgan fingerprint density at radius 2 is 2.09 bits per heavy atom. The lowest BCUT2D eigenvalue weighted by Crippen LogP contribution is -2.27. The van der Waals surface area contributed by atoms with Crippen LogP contribution >= 0.6 is 0 Å². The summed E-state index contributed by atoms with van der Waals surface area (Å²) in [5.74, 6) is 2.85. The topological polar surface area (TPSA) is 119 Å². The van der Waals surface area contributed by atoms with E-state index in [0.717, 1.165) is 38.0 Å². The summed E-state index contributed by atoms with van der Waals surface area (Å²) in [6.07, 6.45) is 4.44. The van der Waals surface area contributed by atoms with Crippen molar-refractivity contribution >= 4 is 38.8 Å². The largest absolute Gasteiger partial charge is 0.324 e. The molecule has 1 saturated heterocycles. The number of rotatable bonds is 6. The van der Waals surface area contributed by atoms with Crippen molar-refractivity contribution in [1.82, 2.24) is 19.9 Å². The van der Waals surface area contributed by atoms with E-state index in [1.807, 2.05) is 0 Å². The SMILES string of the molecule is CCc1cc(Nc2ncc(C#N)c(Nc3cccc(N=S4(=O)CCC4)n3)n2)cc2c1CCN(C)C2. The van der Waals surface area contributed by atoms with Gasteiger partial charge in [0.1, 0.15) is 17.5 Å². The highest BCUT2D eigenvalue weighted by Gasteiger charge is 2.20. The van der Waals surface area contributed by atoms with Crippen LogP contribution in [0.3, 0.4) is 0 Å². The lowest BCUT2D eigenvalue weighted by atomic mass is 9.92. The smallest absolute Gasteiger partial charge is 0.229 e. The standard InChI is InChI=1S/C25H28N8OS/c1-3-17-12-20(13-18-16-33(2)9-8-21(17)18)28-25-27-15-19(14-26)24(31-25)30-22-6-4-7-23(29-22)32-35(34)10-5-11-35/h4,6-7,12-13,15H,3,5,8-11,16H2,1-2H3,(H2,27,28,29,30,31). The molecule has 1 aromatic carbocycles. The van der Waals surface area contributed by atoms with E-state index in [4.69, 9.17) is 0 Å². The average molecular weight is 489 g/mol. The second-order valence-corrected chi connectivity index (χ2v) is 11.5. The van der Waals surface area contributed by atoms with Gasteiger partial charge in [-0.2, -0.15) is 14.6 Å². The third-order valence-corrected chi connectivity index (χ3v) is 8.71. The Morgan fingerprint density at radius 1 is 1.23 bits per heavy atom. The first-order valence-corrected chi connectivity index (χ1v) is 13.6. The van der Waals surface area contributed by atoms with Crippen molar-refractivity contribution in [3.63, 3.8) is 0 Å². The fourth-order valence-corrected chi connectivity index (χ4v) is 5.79. The molecule has 3 aromatic rings. The number of aromatic nitrogens is 3. The normalized spacial score (nSPS) is 16.5. The van der Waals surface area contributed by atoms with Gasteiger partial charge in [0.2, 0.25) is 5.95 Å². The van der Waals surface area contributed by atoms with Crippen LogP contribution in [0.2, 0.25) is 0 Å². The molecule has 0 atom stereocenters. The lowest BCUT2D eigenvalue weighted by Gasteiger charge is -2.27. The van der Waals surface area contributed by atoms with E-state index in [-0.39, 0.29) is 0 Å². The Balaban J connectivity index is 1.41. The monoisotopic (exact) mass is 488 g/mol. The van der Waals surface area contributed by atoms with Crippen molar-refractivity contribution in [2.75, 3.05) is 35.7 Å². The molecule has 10 heteroatoms. The van der Waals surface area contributed by atoms with Crippen LogP contribution in [0.15, 0.2) is 40.9 Å². The molecule has 35 heavy (non-hydrogen) atoms. The third kappa shape index (κ3) is 5.11. The number of nitriles is 1. The highest BCUT2D eigenvalue weighted by Crippen LogP contribution is 2.29. The Labute approximate surface area is 205 Å². The van der Waals surface area contributed by atoms with Gasteiger partial charge in [-0.25, -0.2) is 14.2 Å². The molecule has 0 amide bonds. The maximum atomic E-state index is 12.5. The van der Waals surface area contributed by atoms with Crippen LogP contribution in [-0.4, -0.2) is 49.2 Å². The number of hydrogen-bond acceptors (Lipinski definition) is 9. The van der Waals surface area contributed by atoms with Crippen LogP contribution in [0.4, 0.5) is 29.1 Å².